The number of nitriles is 1. The summed E-state index contributed by atoms with van der Waals surface area (Å²) in [5.74, 6) is 0.832. The van der Waals surface area contributed by atoms with Crippen LogP contribution in [0.4, 0.5) is 0 Å². The van der Waals surface area contributed by atoms with Crippen LogP contribution in [-0.2, 0) is 5.41 Å². The Morgan fingerprint density at radius 3 is 2.44 bits per heavy atom. The van der Waals surface area contributed by atoms with Crippen molar-refractivity contribution >= 4 is 0 Å². The number of aryl methyl sites for hydroxylation is 2. The third-order valence-corrected chi connectivity index (χ3v) is 3.63. The Bertz CT molecular complexity index is 625. The summed E-state index contributed by atoms with van der Waals surface area (Å²) in [5, 5.41) is 9.21. The van der Waals surface area contributed by atoms with Gasteiger partial charge in [-0.15, -0.1) is 0 Å². The van der Waals surface area contributed by atoms with Gasteiger partial charge in [-0.1, -0.05) is 29.8 Å². The van der Waals surface area contributed by atoms with Crippen LogP contribution in [0.5, 0.6) is 0 Å². The van der Waals surface area contributed by atoms with Gasteiger partial charge in [-0.2, -0.15) is 5.26 Å². The molecule has 1 aliphatic rings. The van der Waals surface area contributed by atoms with Gasteiger partial charge in [0.15, 0.2) is 0 Å². The number of imidazole rings is 1. The molecule has 0 unspecified atom stereocenters. The molecule has 0 radical (unpaired) electrons. The highest BCUT2D eigenvalue weighted by Crippen LogP contribution is 2.46. The Morgan fingerprint density at radius 1 is 1.22 bits per heavy atom. The molecule has 2 aromatic rings. The maximum atomic E-state index is 9.21. The van der Waals surface area contributed by atoms with E-state index in [1.165, 1.54) is 5.56 Å². The molecule has 0 amide bonds. The van der Waals surface area contributed by atoms with Crippen molar-refractivity contribution in [2.24, 2.45) is 0 Å². The second-order valence-electron chi connectivity index (χ2n) is 5.12. The molecule has 0 spiro atoms. The van der Waals surface area contributed by atoms with Crippen molar-refractivity contribution in [3.05, 3.63) is 41.3 Å². The van der Waals surface area contributed by atoms with Crippen LogP contribution in [0.25, 0.3) is 11.3 Å². The first-order valence-corrected chi connectivity index (χ1v) is 6.20. The molecule has 3 nitrogen and oxygen atoms in total. The monoisotopic (exact) mass is 237 g/mol. The molecule has 0 bridgehead atoms. The first-order chi connectivity index (χ1) is 8.64. The lowest BCUT2D eigenvalue weighted by atomic mass is 10.1. The largest absolute Gasteiger partial charge is 0.344 e. The van der Waals surface area contributed by atoms with Gasteiger partial charge in [0.2, 0.25) is 0 Å². The minimum absolute atomic E-state index is 0.340. The molecule has 1 heterocycles. The highest BCUT2D eigenvalue weighted by atomic mass is 15.0. The second kappa shape index (κ2) is 3.71. The number of benzene rings is 1. The summed E-state index contributed by atoms with van der Waals surface area (Å²) in [6.45, 7) is 4.08. The molecule has 0 aliphatic heterocycles. The van der Waals surface area contributed by atoms with Gasteiger partial charge in [0.1, 0.15) is 11.2 Å². The zero-order valence-corrected chi connectivity index (χ0v) is 10.6. The lowest BCUT2D eigenvalue weighted by Crippen LogP contribution is -2.04. The van der Waals surface area contributed by atoms with E-state index in [1.807, 2.05) is 6.92 Å². The van der Waals surface area contributed by atoms with Crippen LogP contribution in [0.2, 0.25) is 0 Å². The standard InChI is InChI=1S/C15H15N3/c1-10-3-5-12(6-4-10)13-11(2)17-14(18-13)15(9-16)7-8-15/h3-6H,7-8H2,1-2H3,(H,17,18). The number of H-pyrrole nitrogens is 1. The number of rotatable bonds is 2. The van der Waals surface area contributed by atoms with E-state index in [1.54, 1.807) is 0 Å². The number of aromatic nitrogens is 2. The SMILES string of the molecule is Cc1ccc(-c2nc(C3(C#N)CC3)[nH]c2C)cc1. The van der Waals surface area contributed by atoms with Gasteiger partial charge in [-0.05, 0) is 26.7 Å². The van der Waals surface area contributed by atoms with Gasteiger partial charge in [0.05, 0.1) is 11.8 Å². The van der Waals surface area contributed by atoms with Crippen LogP contribution in [0, 0.1) is 25.2 Å². The number of nitrogens with one attached hydrogen (secondary N) is 1. The quantitative estimate of drug-likeness (QED) is 0.871. The van der Waals surface area contributed by atoms with Crippen LogP contribution in [0.3, 0.4) is 0 Å². The van der Waals surface area contributed by atoms with Crippen molar-refractivity contribution < 1.29 is 0 Å². The molecular formula is C15H15N3. The first-order valence-electron chi connectivity index (χ1n) is 6.20. The molecule has 0 saturated heterocycles. The first kappa shape index (κ1) is 11.0. The lowest BCUT2D eigenvalue weighted by Gasteiger charge is -2.00. The summed E-state index contributed by atoms with van der Waals surface area (Å²) < 4.78 is 0. The van der Waals surface area contributed by atoms with Crippen molar-refractivity contribution in [2.45, 2.75) is 32.1 Å². The van der Waals surface area contributed by atoms with E-state index < -0.39 is 0 Å². The third kappa shape index (κ3) is 1.62. The minimum atomic E-state index is -0.340. The van der Waals surface area contributed by atoms with E-state index in [0.717, 1.165) is 35.6 Å². The highest BCUT2D eigenvalue weighted by molar-refractivity contribution is 5.62. The highest BCUT2D eigenvalue weighted by Gasteiger charge is 2.48. The van der Waals surface area contributed by atoms with Crippen molar-refractivity contribution in [3.63, 3.8) is 0 Å². The number of hydrogen-bond acceptors (Lipinski definition) is 2. The van der Waals surface area contributed by atoms with Gasteiger partial charge in [-0.3, -0.25) is 0 Å². The molecule has 1 N–H and O–H groups in total. The molecule has 1 fully saturated rings. The Hall–Kier alpha value is -2.08. The normalized spacial score (nSPS) is 16.3. The van der Waals surface area contributed by atoms with Crippen LogP contribution in [0.1, 0.15) is 29.9 Å². The zero-order chi connectivity index (χ0) is 12.8. The average Bonchev–Trinajstić information content (AvgIpc) is 3.08. The van der Waals surface area contributed by atoms with Gasteiger partial charge in [-0.25, -0.2) is 4.98 Å². The molecule has 1 aliphatic carbocycles. The number of aromatic amines is 1. The Morgan fingerprint density at radius 2 is 1.89 bits per heavy atom. The molecule has 1 saturated carbocycles. The molecule has 18 heavy (non-hydrogen) atoms. The van der Waals surface area contributed by atoms with Gasteiger partial charge in [0, 0.05) is 11.3 Å². The zero-order valence-electron chi connectivity index (χ0n) is 10.6. The Kier molecular flexibility index (Phi) is 2.27. The van der Waals surface area contributed by atoms with E-state index in [2.05, 4.69) is 47.2 Å². The summed E-state index contributed by atoms with van der Waals surface area (Å²) >= 11 is 0. The fraction of sp³-hybridized carbons (Fsp3) is 0.333. The van der Waals surface area contributed by atoms with Crippen molar-refractivity contribution in [2.75, 3.05) is 0 Å². The molecular weight excluding hydrogens is 222 g/mol. The van der Waals surface area contributed by atoms with Crippen molar-refractivity contribution in [3.8, 4) is 17.3 Å². The Balaban J connectivity index is 2.04. The summed E-state index contributed by atoms with van der Waals surface area (Å²) in [6, 6.07) is 10.7. The second-order valence-corrected chi connectivity index (χ2v) is 5.12. The summed E-state index contributed by atoms with van der Waals surface area (Å²) in [5.41, 5.74) is 4.01. The van der Waals surface area contributed by atoms with Crippen LogP contribution < -0.4 is 0 Å². The van der Waals surface area contributed by atoms with E-state index in [4.69, 9.17) is 0 Å². The van der Waals surface area contributed by atoms with E-state index in [-0.39, 0.29) is 5.41 Å². The Labute approximate surface area is 106 Å². The fourth-order valence-corrected chi connectivity index (χ4v) is 2.21. The van der Waals surface area contributed by atoms with Crippen LogP contribution in [0.15, 0.2) is 24.3 Å². The third-order valence-electron chi connectivity index (χ3n) is 3.63. The average molecular weight is 237 g/mol. The topological polar surface area (TPSA) is 52.5 Å². The van der Waals surface area contributed by atoms with E-state index in [0.29, 0.717) is 0 Å². The van der Waals surface area contributed by atoms with Gasteiger partial charge < -0.3 is 4.98 Å². The summed E-state index contributed by atoms with van der Waals surface area (Å²) in [7, 11) is 0. The molecule has 3 heteroatoms. The van der Waals surface area contributed by atoms with Gasteiger partial charge in [0.25, 0.3) is 0 Å². The predicted molar refractivity (Wildman–Crippen MR) is 70.0 cm³/mol. The number of hydrogen-bond donors (Lipinski definition) is 1. The lowest BCUT2D eigenvalue weighted by molar-refractivity contribution is 0.818. The van der Waals surface area contributed by atoms with E-state index >= 15 is 0 Å². The van der Waals surface area contributed by atoms with Crippen LogP contribution >= 0.6 is 0 Å². The van der Waals surface area contributed by atoms with Gasteiger partial charge >= 0.3 is 0 Å². The molecule has 1 aromatic heterocycles. The van der Waals surface area contributed by atoms with Crippen LogP contribution in [-0.4, -0.2) is 9.97 Å². The van der Waals surface area contributed by atoms with Crippen molar-refractivity contribution in [1.29, 1.82) is 5.26 Å². The fourth-order valence-electron chi connectivity index (χ4n) is 2.21. The smallest absolute Gasteiger partial charge is 0.127 e. The summed E-state index contributed by atoms with van der Waals surface area (Å²) in [6.07, 6.45) is 1.84. The molecule has 90 valence electrons. The summed E-state index contributed by atoms with van der Waals surface area (Å²) in [4.78, 5) is 7.91. The molecule has 0 atom stereocenters. The number of nitrogens with zero attached hydrogens (tertiary/aromatic N) is 2. The van der Waals surface area contributed by atoms with Crippen molar-refractivity contribution in [1.82, 2.24) is 9.97 Å². The molecule has 1 aromatic carbocycles. The van der Waals surface area contributed by atoms with E-state index in [9.17, 15) is 5.26 Å². The molecule has 3 rings (SSSR count). The maximum Gasteiger partial charge on any atom is 0.127 e. The minimum Gasteiger partial charge on any atom is -0.344 e. The predicted octanol–water partition coefficient (Wildman–Crippen LogP) is 3.25. The maximum absolute atomic E-state index is 9.21.